The largest absolute Gasteiger partial charge is 0.393 e. The number of aliphatic hydroxyl groups excluding tert-OH is 1. The van der Waals surface area contributed by atoms with Gasteiger partial charge in [0.15, 0.2) is 0 Å². The van der Waals surface area contributed by atoms with Gasteiger partial charge < -0.3 is 10.0 Å². The molecule has 1 amide bonds. The highest BCUT2D eigenvalue weighted by Gasteiger charge is 2.41. The van der Waals surface area contributed by atoms with Crippen molar-refractivity contribution in [3.63, 3.8) is 0 Å². The summed E-state index contributed by atoms with van der Waals surface area (Å²) >= 11 is 0. The Morgan fingerprint density at radius 1 is 1.28 bits per heavy atom. The average Bonchev–Trinajstić information content (AvgIpc) is 2.39. The predicted octanol–water partition coefficient (Wildman–Crippen LogP) is 0.348. The second-order valence-electron chi connectivity index (χ2n) is 5.37. The van der Waals surface area contributed by atoms with Crippen molar-refractivity contribution >= 4 is 5.91 Å². The molecule has 0 bridgehead atoms. The summed E-state index contributed by atoms with van der Waals surface area (Å²) in [6, 6.07) is 2.47. The standard InChI is InChI=1S/C13H21N3O2/c1-11(17)15-8-4-13(10-14,5-9-15)16-6-2-12(18)3-7-16/h12,18H,2-9H2,1H3. The van der Waals surface area contributed by atoms with Crippen LogP contribution < -0.4 is 0 Å². The van der Waals surface area contributed by atoms with Gasteiger partial charge in [0.1, 0.15) is 5.54 Å². The van der Waals surface area contributed by atoms with Crippen LogP contribution in [0.25, 0.3) is 0 Å². The molecule has 0 aromatic rings. The highest BCUT2D eigenvalue weighted by molar-refractivity contribution is 5.73. The molecular weight excluding hydrogens is 230 g/mol. The van der Waals surface area contributed by atoms with Gasteiger partial charge in [-0.15, -0.1) is 0 Å². The van der Waals surface area contributed by atoms with Crippen LogP contribution in [0.5, 0.6) is 0 Å². The number of likely N-dealkylation sites (tertiary alicyclic amines) is 2. The van der Waals surface area contributed by atoms with Gasteiger partial charge in [0.25, 0.3) is 0 Å². The van der Waals surface area contributed by atoms with Crippen LogP contribution in [0.15, 0.2) is 0 Å². The molecule has 1 N–H and O–H groups in total. The first-order valence-electron chi connectivity index (χ1n) is 6.67. The first-order chi connectivity index (χ1) is 8.57. The molecule has 0 aliphatic carbocycles. The maximum absolute atomic E-state index is 11.3. The van der Waals surface area contributed by atoms with Gasteiger partial charge in [-0.2, -0.15) is 5.26 Å². The summed E-state index contributed by atoms with van der Waals surface area (Å²) in [6.07, 6.45) is 2.73. The predicted molar refractivity (Wildman–Crippen MR) is 66.6 cm³/mol. The minimum atomic E-state index is -0.425. The Labute approximate surface area is 108 Å². The SMILES string of the molecule is CC(=O)N1CCC(C#N)(N2CCC(O)CC2)CC1. The molecule has 0 aromatic carbocycles. The number of rotatable bonds is 1. The summed E-state index contributed by atoms with van der Waals surface area (Å²) in [4.78, 5) is 15.3. The summed E-state index contributed by atoms with van der Waals surface area (Å²) in [5.41, 5.74) is -0.425. The third-order valence-electron chi connectivity index (χ3n) is 4.31. The molecule has 0 aromatic heterocycles. The first-order valence-corrected chi connectivity index (χ1v) is 6.67. The van der Waals surface area contributed by atoms with Crippen molar-refractivity contribution in [3.05, 3.63) is 0 Å². The molecule has 2 aliphatic heterocycles. The van der Waals surface area contributed by atoms with E-state index in [4.69, 9.17) is 0 Å². The minimum Gasteiger partial charge on any atom is -0.393 e. The zero-order valence-corrected chi connectivity index (χ0v) is 10.9. The number of carbonyl (C=O) groups excluding carboxylic acids is 1. The zero-order valence-electron chi connectivity index (χ0n) is 10.9. The smallest absolute Gasteiger partial charge is 0.219 e. The van der Waals surface area contributed by atoms with Gasteiger partial charge in [0, 0.05) is 33.1 Å². The van der Waals surface area contributed by atoms with Gasteiger partial charge in [0.2, 0.25) is 5.91 Å². The molecule has 5 nitrogen and oxygen atoms in total. The van der Waals surface area contributed by atoms with Crippen molar-refractivity contribution in [2.45, 2.75) is 44.2 Å². The Morgan fingerprint density at radius 2 is 1.83 bits per heavy atom. The van der Waals surface area contributed by atoms with Crippen LogP contribution in [0.1, 0.15) is 32.6 Å². The summed E-state index contributed by atoms with van der Waals surface area (Å²) in [7, 11) is 0. The summed E-state index contributed by atoms with van der Waals surface area (Å²) in [6.45, 7) is 4.49. The van der Waals surface area contributed by atoms with E-state index in [9.17, 15) is 15.2 Å². The lowest BCUT2D eigenvalue weighted by Gasteiger charge is -2.46. The van der Waals surface area contributed by atoms with Crippen LogP contribution in [0.2, 0.25) is 0 Å². The van der Waals surface area contributed by atoms with Crippen molar-refractivity contribution in [2.75, 3.05) is 26.2 Å². The second-order valence-corrected chi connectivity index (χ2v) is 5.37. The molecule has 2 aliphatic rings. The van der Waals surface area contributed by atoms with Gasteiger partial charge >= 0.3 is 0 Å². The van der Waals surface area contributed by atoms with Crippen LogP contribution in [-0.2, 0) is 4.79 Å². The highest BCUT2D eigenvalue weighted by Crippen LogP contribution is 2.31. The zero-order chi connectivity index (χ0) is 13.2. The van der Waals surface area contributed by atoms with Crippen LogP contribution in [-0.4, -0.2) is 58.6 Å². The topological polar surface area (TPSA) is 67.6 Å². The minimum absolute atomic E-state index is 0.0932. The quantitative estimate of drug-likeness (QED) is 0.730. The average molecular weight is 251 g/mol. The van der Waals surface area contributed by atoms with Crippen LogP contribution in [0.3, 0.4) is 0 Å². The number of piperidine rings is 2. The van der Waals surface area contributed by atoms with E-state index in [-0.39, 0.29) is 12.0 Å². The summed E-state index contributed by atoms with van der Waals surface area (Å²) in [5, 5.41) is 19.1. The van der Waals surface area contributed by atoms with Crippen LogP contribution in [0, 0.1) is 11.3 Å². The Kier molecular flexibility index (Phi) is 3.88. The number of hydrogen-bond acceptors (Lipinski definition) is 4. The number of carbonyl (C=O) groups is 1. The maximum atomic E-state index is 11.3. The Morgan fingerprint density at radius 3 is 2.28 bits per heavy atom. The van der Waals surface area contributed by atoms with E-state index in [1.165, 1.54) is 0 Å². The second kappa shape index (κ2) is 5.25. The number of amides is 1. The third-order valence-corrected chi connectivity index (χ3v) is 4.31. The number of aliphatic hydroxyl groups is 1. The molecule has 2 fully saturated rings. The fourth-order valence-electron chi connectivity index (χ4n) is 2.98. The van der Waals surface area contributed by atoms with Crippen LogP contribution >= 0.6 is 0 Å². The Hall–Kier alpha value is -1.12. The molecule has 0 atom stereocenters. The van der Waals surface area contributed by atoms with Crippen molar-refractivity contribution in [2.24, 2.45) is 0 Å². The van der Waals surface area contributed by atoms with Crippen molar-refractivity contribution in [1.82, 2.24) is 9.80 Å². The molecule has 5 heteroatoms. The van der Waals surface area contributed by atoms with E-state index in [1.807, 2.05) is 4.90 Å². The fraction of sp³-hybridized carbons (Fsp3) is 0.846. The number of nitriles is 1. The Bertz CT molecular complexity index is 348. The molecule has 0 unspecified atom stereocenters. The molecule has 0 radical (unpaired) electrons. The lowest BCUT2D eigenvalue weighted by atomic mass is 9.85. The van der Waals surface area contributed by atoms with E-state index in [0.717, 1.165) is 38.8 Å². The normalized spacial score (nSPS) is 25.7. The van der Waals surface area contributed by atoms with Crippen molar-refractivity contribution < 1.29 is 9.90 Å². The van der Waals surface area contributed by atoms with E-state index < -0.39 is 5.54 Å². The molecule has 100 valence electrons. The summed E-state index contributed by atoms with van der Waals surface area (Å²) in [5.74, 6) is 0.0932. The van der Waals surface area contributed by atoms with Crippen molar-refractivity contribution in [3.8, 4) is 6.07 Å². The molecule has 2 heterocycles. The highest BCUT2D eigenvalue weighted by atomic mass is 16.3. The molecule has 0 saturated carbocycles. The maximum Gasteiger partial charge on any atom is 0.219 e. The van der Waals surface area contributed by atoms with Gasteiger partial charge in [-0.1, -0.05) is 0 Å². The molecule has 2 saturated heterocycles. The van der Waals surface area contributed by atoms with Gasteiger partial charge in [0.05, 0.1) is 12.2 Å². The number of hydrogen-bond donors (Lipinski definition) is 1. The molecular formula is C13H21N3O2. The monoisotopic (exact) mass is 251 g/mol. The van der Waals surface area contributed by atoms with Gasteiger partial charge in [-0.3, -0.25) is 9.69 Å². The lowest BCUT2D eigenvalue weighted by Crippen LogP contribution is -2.57. The van der Waals surface area contributed by atoms with Gasteiger partial charge in [-0.05, 0) is 25.7 Å². The van der Waals surface area contributed by atoms with Crippen molar-refractivity contribution in [1.29, 1.82) is 5.26 Å². The Balaban J connectivity index is 2.00. The van der Waals surface area contributed by atoms with E-state index in [1.54, 1.807) is 6.92 Å². The van der Waals surface area contributed by atoms with Gasteiger partial charge in [-0.25, -0.2) is 0 Å². The first kappa shape index (κ1) is 13.3. The van der Waals surface area contributed by atoms with E-state index in [2.05, 4.69) is 11.0 Å². The lowest BCUT2D eigenvalue weighted by molar-refractivity contribution is -0.131. The van der Waals surface area contributed by atoms with E-state index in [0.29, 0.717) is 13.1 Å². The van der Waals surface area contributed by atoms with E-state index >= 15 is 0 Å². The fourth-order valence-corrected chi connectivity index (χ4v) is 2.98. The van der Waals surface area contributed by atoms with Crippen LogP contribution in [0.4, 0.5) is 0 Å². The third kappa shape index (κ3) is 2.50. The summed E-state index contributed by atoms with van der Waals surface area (Å²) < 4.78 is 0. The molecule has 18 heavy (non-hydrogen) atoms. The number of nitrogens with zero attached hydrogens (tertiary/aromatic N) is 3. The molecule has 2 rings (SSSR count). The molecule has 0 spiro atoms.